The zero-order valence-electron chi connectivity index (χ0n) is 12.9. The van der Waals surface area contributed by atoms with Crippen LogP contribution in [0.25, 0.3) is 22.3 Å². The summed E-state index contributed by atoms with van der Waals surface area (Å²) in [5.41, 5.74) is 1.75. The van der Waals surface area contributed by atoms with Crippen LogP contribution in [-0.4, -0.2) is 18.9 Å². The first-order chi connectivity index (χ1) is 10.5. The van der Waals surface area contributed by atoms with E-state index in [1.165, 1.54) is 0 Å². The second kappa shape index (κ2) is 5.61. The second-order valence-corrected chi connectivity index (χ2v) is 8.27. The van der Waals surface area contributed by atoms with Crippen LogP contribution >= 0.6 is 0 Å². The normalized spacial score (nSPS) is 13.2. The van der Waals surface area contributed by atoms with E-state index in [2.05, 4.69) is 9.97 Å². The molecule has 0 aliphatic rings. The van der Waals surface area contributed by atoms with Gasteiger partial charge in [0.2, 0.25) is 0 Å². The Balaban J connectivity index is 2.28. The lowest BCUT2D eigenvalue weighted by Crippen LogP contribution is -2.23. The minimum absolute atomic E-state index is 0.370. The fourth-order valence-corrected chi connectivity index (χ4v) is 3.32. The van der Waals surface area contributed by atoms with E-state index in [4.69, 9.17) is 0 Å². The van der Waals surface area contributed by atoms with Crippen molar-refractivity contribution in [3.05, 3.63) is 54.6 Å². The lowest BCUT2D eigenvalue weighted by Gasteiger charge is -2.18. The molecule has 0 aliphatic carbocycles. The zero-order valence-corrected chi connectivity index (χ0v) is 13.7. The van der Waals surface area contributed by atoms with Crippen LogP contribution in [0.3, 0.4) is 0 Å². The standard InChI is InChI=1S/C18H18N2OS/c1-18(2,3)22(21)17-14-11-7-8-12-15(14)19-16(20-17)13-9-5-4-6-10-13/h4-12H,1-3H3. The molecule has 0 spiro atoms. The summed E-state index contributed by atoms with van der Waals surface area (Å²) >= 11 is 0. The van der Waals surface area contributed by atoms with Crippen molar-refractivity contribution in [1.82, 2.24) is 9.97 Å². The van der Waals surface area contributed by atoms with E-state index in [-0.39, 0.29) is 4.75 Å². The van der Waals surface area contributed by atoms with Crippen LogP contribution in [-0.2, 0) is 10.8 Å². The Bertz CT molecular complexity index is 839. The summed E-state index contributed by atoms with van der Waals surface area (Å²) in [6, 6.07) is 17.5. The summed E-state index contributed by atoms with van der Waals surface area (Å²) < 4.78 is 12.5. The topological polar surface area (TPSA) is 42.9 Å². The van der Waals surface area contributed by atoms with Crippen LogP contribution in [0.1, 0.15) is 20.8 Å². The van der Waals surface area contributed by atoms with Crippen molar-refractivity contribution >= 4 is 21.7 Å². The van der Waals surface area contributed by atoms with Gasteiger partial charge in [0, 0.05) is 15.7 Å². The van der Waals surface area contributed by atoms with Gasteiger partial charge in [0.25, 0.3) is 0 Å². The van der Waals surface area contributed by atoms with Gasteiger partial charge < -0.3 is 0 Å². The first-order valence-corrected chi connectivity index (χ1v) is 8.36. The summed E-state index contributed by atoms with van der Waals surface area (Å²) in [5.74, 6) is 0.618. The molecule has 0 fully saturated rings. The number of hydrogen-bond donors (Lipinski definition) is 0. The van der Waals surface area contributed by atoms with Crippen LogP contribution < -0.4 is 0 Å². The number of fused-ring (bicyclic) bond motifs is 1. The van der Waals surface area contributed by atoms with Gasteiger partial charge in [0.05, 0.1) is 16.3 Å². The first kappa shape index (κ1) is 14.9. The summed E-state index contributed by atoms with van der Waals surface area (Å²) in [6.07, 6.45) is 0. The Morgan fingerprint density at radius 1 is 0.864 bits per heavy atom. The monoisotopic (exact) mass is 310 g/mol. The second-order valence-electron chi connectivity index (χ2n) is 6.12. The molecular weight excluding hydrogens is 292 g/mol. The van der Waals surface area contributed by atoms with Gasteiger partial charge in [-0.15, -0.1) is 0 Å². The molecule has 3 rings (SSSR count). The van der Waals surface area contributed by atoms with E-state index in [0.29, 0.717) is 10.9 Å². The molecule has 1 atom stereocenters. The van der Waals surface area contributed by atoms with E-state index in [0.717, 1.165) is 16.5 Å². The van der Waals surface area contributed by atoms with Gasteiger partial charge in [0.1, 0.15) is 5.03 Å². The molecule has 0 saturated carbocycles. The van der Waals surface area contributed by atoms with E-state index >= 15 is 0 Å². The molecule has 2 aromatic carbocycles. The van der Waals surface area contributed by atoms with Gasteiger partial charge in [-0.3, -0.25) is 4.21 Å². The number of benzene rings is 2. The zero-order chi connectivity index (χ0) is 15.7. The van der Waals surface area contributed by atoms with Crippen LogP contribution in [0, 0.1) is 0 Å². The molecule has 0 bridgehead atoms. The Morgan fingerprint density at radius 3 is 2.18 bits per heavy atom. The predicted octanol–water partition coefficient (Wildman–Crippen LogP) is 4.20. The Labute approximate surface area is 132 Å². The van der Waals surface area contributed by atoms with Crippen molar-refractivity contribution < 1.29 is 4.21 Å². The van der Waals surface area contributed by atoms with E-state index < -0.39 is 10.8 Å². The number of nitrogens with zero attached hydrogens (tertiary/aromatic N) is 2. The minimum Gasteiger partial charge on any atom is -0.252 e. The van der Waals surface area contributed by atoms with Crippen molar-refractivity contribution in [3.63, 3.8) is 0 Å². The molecule has 22 heavy (non-hydrogen) atoms. The van der Waals surface area contributed by atoms with Gasteiger partial charge >= 0.3 is 0 Å². The molecule has 3 nitrogen and oxygen atoms in total. The Morgan fingerprint density at radius 2 is 1.50 bits per heavy atom. The predicted molar refractivity (Wildman–Crippen MR) is 91.1 cm³/mol. The van der Waals surface area contributed by atoms with Crippen molar-refractivity contribution in [2.45, 2.75) is 30.5 Å². The lowest BCUT2D eigenvalue weighted by atomic mass is 10.2. The van der Waals surface area contributed by atoms with Gasteiger partial charge in [-0.2, -0.15) is 0 Å². The van der Waals surface area contributed by atoms with Gasteiger partial charge in [-0.05, 0) is 32.9 Å². The largest absolute Gasteiger partial charge is 0.252 e. The number of para-hydroxylation sites is 1. The average Bonchev–Trinajstić information content (AvgIpc) is 2.53. The Kier molecular flexibility index (Phi) is 3.79. The molecule has 3 aromatic rings. The van der Waals surface area contributed by atoms with Crippen LogP contribution in [0.2, 0.25) is 0 Å². The van der Waals surface area contributed by atoms with Crippen LogP contribution in [0.15, 0.2) is 59.6 Å². The maximum absolute atomic E-state index is 12.9. The van der Waals surface area contributed by atoms with E-state index in [9.17, 15) is 4.21 Å². The van der Waals surface area contributed by atoms with Gasteiger partial charge in [0.15, 0.2) is 5.82 Å². The van der Waals surface area contributed by atoms with Gasteiger partial charge in [-0.1, -0.05) is 42.5 Å². The highest BCUT2D eigenvalue weighted by molar-refractivity contribution is 7.86. The number of aromatic nitrogens is 2. The summed E-state index contributed by atoms with van der Waals surface area (Å²) in [4.78, 5) is 9.25. The Hall–Kier alpha value is -2.07. The molecule has 1 unspecified atom stereocenters. The summed E-state index contributed by atoms with van der Waals surface area (Å²) in [7, 11) is -1.21. The molecule has 112 valence electrons. The maximum atomic E-state index is 12.9. The van der Waals surface area contributed by atoms with E-state index in [1.54, 1.807) is 0 Å². The molecule has 0 amide bonds. The molecule has 0 N–H and O–H groups in total. The molecule has 0 saturated heterocycles. The molecular formula is C18H18N2OS. The summed E-state index contributed by atoms with van der Waals surface area (Å²) in [5, 5.41) is 1.47. The average molecular weight is 310 g/mol. The quantitative estimate of drug-likeness (QED) is 0.666. The molecule has 1 heterocycles. The highest BCUT2D eigenvalue weighted by atomic mass is 32.2. The maximum Gasteiger partial charge on any atom is 0.161 e. The number of rotatable bonds is 2. The third-order valence-corrected chi connectivity index (χ3v) is 5.11. The molecule has 1 aromatic heterocycles. The summed E-state index contributed by atoms with van der Waals surface area (Å²) in [6.45, 7) is 5.88. The van der Waals surface area contributed by atoms with Crippen molar-refractivity contribution in [3.8, 4) is 11.4 Å². The first-order valence-electron chi connectivity index (χ1n) is 7.21. The fraction of sp³-hybridized carbons (Fsp3) is 0.222. The van der Waals surface area contributed by atoms with Crippen molar-refractivity contribution in [2.24, 2.45) is 0 Å². The van der Waals surface area contributed by atoms with Crippen LogP contribution in [0.4, 0.5) is 0 Å². The molecule has 0 radical (unpaired) electrons. The third kappa shape index (κ3) is 2.79. The third-order valence-electron chi connectivity index (χ3n) is 3.33. The SMILES string of the molecule is CC(C)(C)S(=O)c1nc(-c2ccccc2)nc2ccccc12. The minimum atomic E-state index is -1.21. The van der Waals surface area contributed by atoms with Crippen molar-refractivity contribution in [2.75, 3.05) is 0 Å². The van der Waals surface area contributed by atoms with Crippen molar-refractivity contribution in [1.29, 1.82) is 0 Å². The van der Waals surface area contributed by atoms with Crippen LogP contribution in [0.5, 0.6) is 0 Å². The highest BCUT2D eigenvalue weighted by Gasteiger charge is 2.25. The molecule has 0 aliphatic heterocycles. The van der Waals surface area contributed by atoms with Gasteiger partial charge in [-0.25, -0.2) is 9.97 Å². The fourth-order valence-electron chi connectivity index (χ4n) is 2.20. The highest BCUT2D eigenvalue weighted by Crippen LogP contribution is 2.28. The van der Waals surface area contributed by atoms with E-state index in [1.807, 2.05) is 75.4 Å². The molecule has 4 heteroatoms. The smallest absolute Gasteiger partial charge is 0.161 e. The lowest BCUT2D eigenvalue weighted by molar-refractivity contribution is 0.646. The number of hydrogen-bond acceptors (Lipinski definition) is 3.